The molecule has 0 radical (unpaired) electrons. The van der Waals surface area contributed by atoms with E-state index in [1.54, 1.807) is 11.3 Å². The third-order valence-electron chi connectivity index (χ3n) is 5.64. The summed E-state index contributed by atoms with van der Waals surface area (Å²) in [7, 11) is 0. The predicted molar refractivity (Wildman–Crippen MR) is 129 cm³/mol. The minimum atomic E-state index is 0.525. The zero-order valence-electron chi connectivity index (χ0n) is 18.6. The lowest BCUT2D eigenvalue weighted by atomic mass is 9.91. The molecule has 4 heteroatoms. The van der Waals surface area contributed by atoms with Crippen LogP contribution in [0.3, 0.4) is 0 Å². The first-order valence-electron chi connectivity index (χ1n) is 11.6. The van der Waals surface area contributed by atoms with Crippen molar-refractivity contribution in [2.24, 2.45) is 0 Å². The summed E-state index contributed by atoms with van der Waals surface area (Å²) in [5.41, 5.74) is 2.77. The molecule has 3 rings (SSSR count). The Morgan fingerprint density at radius 2 is 1.83 bits per heavy atom. The molecule has 3 nitrogen and oxygen atoms in total. The fourth-order valence-corrected chi connectivity index (χ4v) is 4.81. The molecule has 0 aliphatic rings. The molecule has 1 atom stereocenters. The second kappa shape index (κ2) is 12.6. The van der Waals surface area contributed by atoms with E-state index in [0.29, 0.717) is 12.5 Å². The highest BCUT2D eigenvalue weighted by Crippen LogP contribution is 2.30. The highest BCUT2D eigenvalue weighted by molar-refractivity contribution is 7.15. The standard InChI is InChI=1S/C26H36N2OS/c1-3-5-7-8-9-11-19-29-24-15-13-22(14-16-24)20-23(12-10-6-4-2)25-21-30-26-27-17-18-28(25)26/h9,11,13-18,21,23H,3-8,10,12,19-20H2,1-2H3/b11-9+. The molecule has 0 bridgehead atoms. The Morgan fingerprint density at radius 1 is 1.03 bits per heavy atom. The van der Waals surface area contributed by atoms with Crippen LogP contribution < -0.4 is 4.74 Å². The van der Waals surface area contributed by atoms with Crippen molar-refractivity contribution in [3.63, 3.8) is 0 Å². The van der Waals surface area contributed by atoms with Crippen LogP contribution in [0.15, 0.2) is 54.2 Å². The van der Waals surface area contributed by atoms with Gasteiger partial charge >= 0.3 is 0 Å². The van der Waals surface area contributed by atoms with Gasteiger partial charge in [0, 0.05) is 29.4 Å². The third kappa shape index (κ3) is 6.73. The molecular formula is C26H36N2OS. The summed E-state index contributed by atoms with van der Waals surface area (Å²) in [5.74, 6) is 1.48. The zero-order chi connectivity index (χ0) is 21.0. The quantitative estimate of drug-likeness (QED) is 0.195. The maximum absolute atomic E-state index is 5.87. The van der Waals surface area contributed by atoms with Crippen LogP contribution in [-0.2, 0) is 6.42 Å². The van der Waals surface area contributed by atoms with Crippen molar-refractivity contribution < 1.29 is 4.74 Å². The number of rotatable bonds is 14. The van der Waals surface area contributed by atoms with Crippen LogP contribution in [0.25, 0.3) is 4.96 Å². The van der Waals surface area contributed by atoms with Crippen molar-refractivity contribution in [1.29, 1.82) is 0 Å². The lowest BCUT2D eigenvalue weighted by Gasteiger charge is -2.17. The lowest BCUT2D eigenvalue weighted by Crippen LogP contribution is -2.06. The fraction of sp³-hybridized carbons (Fsp3) is 0.500. The number of ether oxygens (including phenoxy) is 1. The monoisotopic (exact) mass is 424 g/mol. The molecule has 0 aliphatic carbocycles. The number of unbranched alkanes of at least 4 members (excludes halogenated alkanes) is 5. The van der Waals surface area contributed by atoms with Crippen molar-refractivity contribution >= 4 is 16.3 Å². The maximum Gasteiger partial charge on any atom is 0.193 e. The van der Waals surface area contributed by atoms with Gasteiger partial charge in [-0.15, -0.1) is 11.3 Å². The summed E-state index contributed by atoms with van der Waals surface area (Å²) in [5, 5.41) is 2.29. The van der Waals surface area contributed by atoms with E-state index >= 15 is 0 Å². The number of hydrogen-bond donors (Lipinski definition) is 0. The predicted octanol–water partition coefficient (Wildman–Crippen LogP) is 7.82. The molecule has 2 aromatic heterocycles. The molecule has 2 heterocycles. The summed E-state index contributed by atoms with van der Waals surface area (Å²) in [6, 6.07) is 8.68. The number of imidazole rings is 1. The van der Waals surface area contributed by atoms with Gasteiger partial charge < -0.3 is 4.74 Å². The number of fused-ring (bicyclic) bond motifs is 1. The van der Waals surface area contributed by atoms with Gasteiger partial charge in [-0.1, -0.05) is 70.2 Å². The van der Waals surface area contributed by atoms with E-state index in [4.69, 9.17) is 4.74 Å². The molecule has 1 unspecified atom stereocenters. The normalized spacial score (nSPS) is 12.7. The van der Waals surface area contributed by atoms with E-state index in [1.807, 2.05) is 6.20 Å². The van der Waals surface area contributed by atoms with Gasteiger partial charge in [0.25, 0.3) is 0 Å². The van der Waals surface area contributed by atoms with Crippen molar-refractivity contribution in [3.8, 4) is 5.75 Å². The molecule has 0 fully saturated rings. The molecule has 30 heavy (non-hydrogen) atoms. The smallest absolute Gasteiger partial charge is 0.193 e. The molecule has 0 amide bonds. The Balaban J connectivity index is 1.56. The van der Waals surface area contributed by atoms with Gasteiger partial charge in [0.05, 0.1) is 0 Å². The number of thiazole rings is 1. The highest BCUT2D eigenvalue weighted by Gasteiger charge is 2.17. The van der Waals surface area contributed by atoms with E-state index < -0.39 is 0 Å². The largest absolute Gasteiger partial charge is 0.490 e. The summed E-state index contributed by atoms with van der Waals surface area (Å²) >= 11 is 1.74. The van der Waals surface area contributed by atoms with Crippen LogP contribution in [0.4, 0.5) is 0 Å². The minimum Gasteiger partial charge on any atom is -0.490 e. The van der Waals surface area contributed by atoms with Crippen molar-refractivity contribution in [1.82, 2.24) is 9.38 Å². The van der Waals surface area contributed by atoms with Crippen LogP contribution in [0.2, 0.25) is 0 Å². The summed E-state index contributed by atoms with van der Waals surface area (Å²) in [6.07, 6.45) is 19.5. The SMILES string of the molecule is CCCCC/C=C/COc1ccc(CC(CCCCC)c2csc3nccn23)cc1. The molecule has 0 saturated heterocycles. The van der Waals surface area contributed by atoms with Crippen LogP contribution in [0.5, 0.6) is 5.75 Å². The summed E-state index contributed by atoms with van der Waals surface area (Å²) in [6.45, 7) is 5.16. The second-order valence-corrected chi connectivity index (χ2v) is 8.90. The Hall–Kier alpha value is -2.07. The van der Waals surface area contributed by atoms with E-state index in [-0.39, 0.29) is 0 Å². The van der Waals surface area contributed by atoms with E-state index in [1.165, 1.54) is 56.2 Å². The minimum absolute atomic E-state index is 0.525. The fourth-order valence-electron chi connectivity index (χ4n) is 3.88. The summed E-state index contributed by atoms with van der Waals surface area (Å²) in [4.78, 5) is 5.55. The topological polar surface area (TPSA) is 26.5 Å². The zero-order valence-corrected chi connectivity index (χ0v) is 19.4. The molecule has 0 aliphatic heterocycles. The Bertz CT molecular complexity index is 878. The van der Waals surface area contributed by atoms with E-state index in [0.717, 1.165) is 23.6 Å². The number of allylic oxidation sites excluding steroid dienone is 1. The van der Waals surface area contributed by atoms with Crippen LogP contribution in [-0.4, -0.2) is 16.0 Å². The van der Waals surface area contributed by atoms with Crippen molar-refractivity contribution in [2.45, 2.75) is 77.6 Å². The molecule has 1 aromatic carbocycles. The van der Waals surface area contributed by atoms with Crippen LogP contribution in [0.1, 0.15) is 82.4 Å². The molecule has 162 valence electrons. The Kier molecular flexibility index (Phi) is 9.49. The maximum atomic E-state index is 5.87. The Morgan fingerprint density at radius 3 is 2.63 bits per heavy atom. The number of hydrogen-bond acceptors (Lipinski definition) is 3. The Labute approximate surface area is 185 Å². The van der Waals surface area contributed by atoms with Gasteiger partial charge in [-0.25, -0.2) is 4.98 Å². The molecule has 0 N–H and O–H groups in total. The van der Waals surface area contributed by atoms with E-state index in [9.17, 15) is 0 Å². The van der Waals surface area contributed by atoms with Gasteiger partial charge in [-0.3, -0.25) is 4.40 Å². The number of benzene rings is 1. The number of nitrogens with zero attached hydrogens (tertiary/aromatic N) is 2. The molecule has 0 spiro atoms. The van der Waals surface area contributed by atoms with Gasteiger partial charge in [0.2, 0.25) is 0 Å². The first-order chi connectivity index (χ1) is 14.8. The molecule has 3 aromatic rings. The van der Waals surface area contributed by atoms with Gasteiger partial charge in [0.1, 0.15) is 12.4 Å². The van der Waals surface area contributed by atoms with E-state index in [2.05, 4.69) is 71.2 Å². The van der Waals surface area contributed by atoms with Gasteiger partial charge in [-0.2, -0.15) is 0 Å². The van der Waals surface area contributed by atoms with Gasteiger partial charge in [0.15, 0.2) is 4.96 Å². The summed E-state index contributed by atoms with van der Waals surface area (Å²) < 4.78 is 8.14. The third-order valence-corrected chi connectivity index (χ3v) is 6.51. The second-order valence-electron chi connectivity index (χ2n) is 8.06. The van der Waals surface area contributed by atoms with Crippen LogP contribution in [0, 0.1) is 0 Å². The first-order valence-corrected chi connectivity index (χ1v) is 12.5. The molecular weight excluding hydrogens is 388 g/mol. The van der Waals surface area contributed by atoms with Crippen molar-refractivity contribution in [2.75, 3.05) is 6.61 Å². The average molecular weight is 425 g/mol. The number of aromatic nitrogens is 2. The van der Waals surface area contributed by atoms with Crippen LogP contribution >= 0.6 is 11.3 Å². The van der Waals surface area contributed by atoms with Gasteiger partial charge in [-0.05, 0) is 43.4 Å². The first kappa shape index (κ1) is 22.6. The lowest BCUT2D eigenvalue weighted by molar-refractivity contribution is 0.362. The average Bonchev–Trinajstić information content (AvgIpc) is 3.38. The molecule has 0 saturated carbocycles. The van der Waals surface area contributed by atoms with Crippen molar-refractivity contribution in [3.05, 3.63) is 65.4 Å². The highest BCUT2D eigenvalue weighted by atomic mass is 32.1.